The average molecular weight is 419 g/mol. The molecule has 0 aliphatic carbocycles. The van der Waals surface area contributed by atoms with Crippen LogP contribution >= 0.6 is 15.9 Å². The summed E-state index contributed by atoms with van der Waals surface area (Å²) in [5.41, 5.74) is 4.88. The van der Waals surface area contributed by atoms with Gasteiger partial charge in [-0.15, -0.1) is 0 Å². The number of hydrazone groups is 1. The van der Waals surface area contributed by atoms with Crippen molar-refractivity contribution in [1.82, 2.24) is 5.43 Å². The van der Waals surface area contributed by atoms with Crippen molar-refractivity contribution < 1.29 is 14.6 Å². The molecule has 6 heteroatoms. The lowest BCUT2D eigenvalue weighted by Crippen LogP contribution is -2.24. The van der Waals surface area contributed by atoms with Crippen LogP contribution in [0.1, 0.15) is 37.5 Å². The van der Waals surface area contributed by atoms with E-state index in [4.69, 9.17) is 4.74 Å². The fourth-order valence-corrected chi connectivity index (χ4v) is 2.86. The van der Waals surface area contributed by atoms with Crippen molar-refractivity contribution in [2.45, 2.75) is 33.1 Å². The molecule has 0 spiro atoms. The van der Waals surface area contributed by atoms with Crippen molar-refractivity contribution in [3.05, 3.63) is 57.6 Å². The van der Waals surface area contributed by atoms with Crippen molar-refractivity contribution >= 4 is 28.1 Å². The van der Waals surface area contributed by atoms with Crippen LogP contribution in [-0.2, 0) is 10.2 Å². The smallest absolute Gasteiger partial charge is 0.277 e. The Morgan fingerprint density at radius 2 is 1.92 bits per heavy atom. The Kier molecular flexibility index (Phi) is 6.42. The summed E-state index contributed by atoms with van der Waals surface area (Å²) in [6, 6.07) is 11.2. The summed E-state index contributed by atoms with van der Waals surface area (Å²) in [7, 11) is 0. The highest BCUT2D eigenvalue weighted by Gasteiger charge is 2.13. The molecule has 2 rings (SSSR count). The maximum absolute atomic E-state index is 11.8. The number of aryl methyl sites for hydroxylation is 1. The Labute approximate surface area is 162 Å². The molecule has 0 radical (unpaired) electrons. The molecular weight excluding hydrogens is 396 g/mol. The first-order chi connectivity index (χ1) is 12.2. The van der Waals surface area contributed by atoms with Crippen LogP contribution in [0.15, 0.2) is 46.0 Å². The number of carbonyl (C=O) groups is 1. The quantitative estimate of drug-likeness (QED) is 0.561. The van der Waals surface area contributed by atoms with E-state index in [0.29, 0.717) is 16.9 Å². The number of hydrogen-bond donors (Lipinski definition) is 2. The van der Waals surface area contributed by atoms with E-state index in [1.165, 1.54) is 11.8 Å². The number of halogens is 1. The number of phenolic OH excluding ortho intramolecular Hbond substituents is 1. The Balaban J connectivity index is 1.88. The molecule has 26 heavy (non-hydrogen) atoms. The first kappa shape index (κ1) is 20.0. The minimum absolute atomic E-state index is 0.0704. The number of amides is 1. The Bertz CT molecular complexity index is 809. The van der Waals surface area contributed by atoms with Gasteiger partial charge in [-0.25, -0.2) is 5.43 Å². The van der Waals surface area contributed by atoms with Gasteiger partial charge in [-0.1, -0.05) is 48.8 Å². The normalized spacial score (nSPS) is 11.6. The van der Waals surface area contributed by atoms with Gasteiger partial charge in [0, 0.05) is 10.0 Å². The third-order valence-electron chi connectivity index (χ3n) is 3.78. The number of benzene rings is 2. The molecule has 2 aromatic carbocycles. The van der Waals surface area contributed by atoms with Gasteiger partial charge in [-0.3, -0.25) is 4.79 Å². The number of nitrogens with zero attached hydrogens (tertiary/aromatic N) is 1. The van der Waals surface area contributed by atoms with Crippen LogP contribution in [0.4, 0.5) is 0 Å². The van der Waals surface area contributed by atoms with Crippen LogP contribution in [0.25, 0.3) is 0 Å². The van der Waals surface area contributed by atoms with E-state index in [9.17, 15) is 9.90 Å². The van der Waals surface area contributed by atoms with Crippen molar-refractivity contribution in [3.63, 3.8) is 0 Å². The number of ether oxygens (including phenoxy) is 1. The molecule has 1 amide bonds. The van der Waals surface area contributed by atoms with Crippen LogP contribution < -0.4 is 10.2 Å². The molecule has 0 unspecified atom stereocenters. The summed E-state index contributed by atoms with van der Waals surface area (Å²) in [4.78, 5) is 11.8. The number of phenols is 1. The summed E-state index contributed by atoms with van der Waals surface area (Å²) >= 11 is 3.36. The zero-order valence-electron chi connectivity index (χ0n) is 15.3. The number of nitrogens with one attached hydrogen (secondary N) is 1. The van der Waals surface area contributed by atoms with Crippen LogP contribution in [0.3, 0.4) is 0 Å². The van der Waals surface area contributed by atoms with Crippen molar-refractivity contribution in [1.29, 1.82) is 0 Å². The second kappa shape index (κ2) is 8.36. The standard InChI is InChI=1S/C20H23BrN2O3/c1-13-9-16(21)10-14(19(13)25)11-22-23-18(24)12-26-17-7-5-15(6-8-17)20(2,3)4/h5-11,25H,12H2,1-4H3,(H,23,24)/b22-11-. The number of hydrogen-bond acceptors (Lipinski definition) is 4. The van der Waals surface area contributed by atoms with Gasteiger partial charge >= 0.3 is 0 Å². The van der Waals surface area contributed by atoms with E-state index in [2.05, 4.69) is 47.2 Å². The highest BCUT2D eigenvalue weighted by Crippen LogP contribution is 2.25. The monoisotopic (exact) mass is 418 g/mol. The van der Waals surface area contributed by atoms with E-state index in [1.807, 2.05) is 24.3 Å². The minimum Gasteiger partial charge on any atom is -0.507 e. The predicted octanol–water partition coefficient (Wildman–Crippen LogP) is 4.29. The molecule has 0 saturated heterocycles. The maximum atomic E-state index is 11.8. The van der Waals surface area contributed by atoms with Crippen LogP contribution in [0, 0.1) is 6.92 Å². The lowest BCUT2D eigenvalue weighted by atomic mass is 9.87. The molecular formula is C20H23BrN2O3. The summed E-state index contributed by atoms with van der Waals surface area (Å²) in [6.07, 6.45) is 1.39. The van der Waals surface area contributed by atoms with Gasteiger partial charge in [-0.2, -0.15) is 5.10 Å². The number of rotatable bonds is 5. The van der Waals surface area contributed by atoms with Gasteiger partial charge in [0.2, 0.25) is 0 Å². The summed E-state index contributed by atoms with van der Waals surface area (Å²) in [5.74, 6) is 0.367. The predicted molar refractivity (Wildman–Crippen MR) is 107 cm³/mol. The molecule has 0 atom stereocenters. The van der Waals surface area contributed by atoms with Crippen LogP contribution in [0.5, 0.6) is 11.5 Å². The van der Waals surface area contributed by atoms with E-state index in [0.717, 1.165) is 4.47 Å². The zero-order valence-corrected chi connectivity index (χ0v) is 16.9. The molecule has 0 heterocycles. The van der Waals surface area contributed by atoms with Gasteiger partial charge in [0.15, 0.2) is 6.61 Å². The highest BCUT2D eigenvalue weighted by atomic mass is 79.9. The summed E-state index contributed by atoms with van der Waals surface area (Å²) < 4.78 is 6.28. The SMILES string of the molecule is Cc1cc(Br)cc(/C=N\NC(=O)COc2ccc(C(C)(C)C)cc2)c1O. The van der Waals surface area contributed by atoms with E-state index < -0.39 is 0 Å². The maximum Gasteiger partial charge on any atom is 0.277 e. The van der Waals surface area contributed by atoms with Gasteiger partial charge in [0.05, 0.1) is 6.21 Å². The third kappa shape index (κ3) is 5.59. The number of carbonyl (C=O) groups excluding carboxylic acids is 1. The van der Waals surface area contributed by atoms with E-state index in [-0.39, 0.29) is 23.7 Å². The lowest BCUT2D eigenvalue weighted by Gasteiger charge is -2.19. The molecule has 0 aliphatic heterocycles. The molecule has 138 valence electrons. The Morgan fingerprint density at radius 1 is 1.27 bits per heavy atom. The van der Waals surface area contributed by atoms with Gasteiger partial charge in [0.1, 0.15) is 11.5 Å². The number of aromatic hydroxyl groups is 1. The summed E-state index contributed by atoms with van der Waals surface area (Å²) in [6.45, 7) is 8.06. The van der Waals surface area contributed by atoms with E-state index in [1.54, 1.807) is 19.1 Å². The van der Waals surface area contributed by atoms with Crippen molar-refractivity contribution in [3.8, 4) is 11.5 Å². The molecule has 0 bridgehead atoms. The fraction of sp³-hybridized carbons (Fsp3) is 0.300. The zero-order chi connectivity index (χ0) is 19.3. The molecule has 2 aromatic rings. The van der Waals surface area contributed by atoms with Gasteiger partial charge in [-0.05, 0) is 47.7 Å². The molecule has 0 saturated carbocycles. The molecule has 0 fully saturated rings. The van der Waals surface area contributed by atoms with E-state index >= 15 is 0 Å². The topological polar surface area (TPSA) is 70.9 Å². The molecule has 0 aromatic heterocycles. The Morgan fingerprint density at radius 3 is 2.54 bits per heavy atom. The average Bonchev–Trinajstić information content (AvgIpc) is 2.57. The Hall–Kier alpha value is -2.34. The molecule has 0 aliphatic rings. The van der Waals surface area contributed by atoms with Crippen molar-refractivity contribution in [2.75, 3.05) is 6.61 Å². The first-order valence-electron chi connectivity index (χ1n) is 8.21. The minimum atomic E-state index is -0.382. The molecule has 2 N–H and O–H groups in total. The largest absolute Gasteiger partial charge is 0.507 e. The second-order valence-electron chi connectivity index (χ2n) is 7.02. The fourth-order valence-electron chi connectivity index (χ4n) is 2.27. The highest BCUT2D eigenvalue weighted by molar-refractivity contribution is 9.10. The third-order valence-corrected chi connectivity index (χ3v) is 4.24. The van der Waals surface area contributed by atoms with Crippen LogP contribution in [0.2, 0.25) is 0 Å². The second-order valence-corrected chi connectivity index (χ2v) is 7.93. The van der Waals surface area contributed by atoms with Gasteiger partial charge < -0.3 is 9.84 Å². The molecule has 5 nitrogen and oxygen atoms in total. The van der Waals surface area contributed by atoms with Crippen molar-refractivity contribution in [2.24, 2.45) is 5.10 Å². The van der Waals surface area contributed by atoms with Gasteiger partial charge in [0.25, 0.3) is 5.91 Å². The summed E-state index contributed by atoms with van der Waals surface area (Å²) in [5, 5.41) is 13.8. The first-order valence-corrected chi connectivity index (χ1v) is 9.00. The van der Waals surface area contributed by atoms with Crippen LogP contribution in [-0.4, -0.2) is 23.8 Å². The lowest BCUT2D eigenvalue weighted by molar-refractivity contribution is -0.123.